The van der Waals surface area contributed by atoms with Crippen molar-refractivity contribution in [3.05, 3.63) is 204 Å². The minimum Gasteiger partial charge on any atom is -0.493 e. The maximum absolute atomic E-state index is 13.5. The number of ether oxygens (including phenoxy) is 2. The first-order chi connectivity index (χ1) is 44.4. The van der Waals surface area contributed by atoms with Gasteiger partial charge in [-0.15, -0.1) is 0 Å². The summed E-state index contributed by atoms with van der Waals surface area (Å²) in [5.74, 6) is 1.19. The Morgan fingerprint density at radius 1 is 0.500 bits per heavy atom. The second-order valence-corrected chi connectivity index (χ2v) is 28.9. The van der Waals surface area contributed by atoms with E-state index in [-0.39, 0.29) is 23.9 Å². The minimum atomic E-state index is -3.94. The Balaban J connectivity index is 0.000000206. The van der Waals surface area contributed by atoms with Gasteiger partial charge in [0.25, 0.3) is 11.8 Å². The van der Waals surface area contributed by atoms with Crippen LogP contribution >= 0.6 is 0 Å². The molecule has 24 nitrogen and oxygen atoms in total. The highest BCUT2D eigenvalue weighted by atomic mass is 32.2. The number of rotatable bonds is 18. The molecule has 2 fully saturated rings. The van der Waals surface area contributed by atoms with Gasteiger partial charge in [-0.3, -0.25) is 30.2 Å². The highest BCUT2D eigenvalue weighted by molar-refractivity contribution is 7.88. The predicted octanol–water partition coefficient (Wildman–Crippen LogP) is 10.7. The summed E-state index contributed by atoms with van der Waals surface area (Å²) in [6.45, 7) is 19.5. The Bertz CT molecular complexity index is 4470. The molecule has 2 aliphatic heterocycles. The lowest BCUT2D eigenvalue weighted by molar-refractivity contribution is -0.125. The fourth-order valence-corrected chi connectivity index (χ4v) is 13.4. The van der Waals surface area contributed by atoms with E-state index in [4.69, 9.17) is 19.7 Å². The van der Waals surface area contributed by atoms with E-state index in [1.54, 1.807) is 135 Å². The number of pyridine rings is 2. The summed E-state index contributed by atoms with van der Waals surface area (Å²) in [4.78, 5) is 59.0. The summed E-state index contributed by atoms with van der Waals surface area (Å²) in [6.07, 6.45) is 8.53. The molecule has 5 aromatic carbocycles. The lowest BCUT2D eigenvalue weighted by atomic mass is 9.92. The molecule has 6 amide bonds. The third kappa shape index (κ3) is 15.5. The largest absolute Gasteiger partial charge is 0.493 e. The van der Waals surface area contributed by atoms with Crippen LogP contribution in [0.2, 0.25) is 0 Å². The molecule has 9 aromatic rings. The van der Waals surface area contributed by atoms with E-state index >= 15 is 0 Å². The molecule has 2 saturated heterocycles. The van der Waals surface area contributed by atoms with Crippen molar-refractivity contribution in [1.29, 1.82) is 0 Å². The van der Waals surface area contributed by atoms with Gasteiger partial charge in [0.15, 0.2) is 0 Å². The second-order valence-electron chi connectivity index (χ2n) is 25.7. The van der Waals surface area contributed by atoms with Crippen LogP contribution in [0, 0.1) is 0 Å². The SMILES string of the molecule is CC(C)(C)c1cc(NC(=O)Nc2ccc(OCCc3ccncc3)c3ccccc23)n(-c2ccc(CN3C(C)(C)C(=O)NS3(=O)=O)cc2)n1.CC(C)(C)c1cc(NC(=O)Nc2ccc(OCCc3ccncc3)cc2)n(-c2ccc(CN3C(C)(C)C(=O)NS3(=O)=O)cc2)n1. The van der Waals surface area contributed by atoms with Crippen molar-refractivity contribution < 1.29 is 45.5 Å². The second kappa shape index (κ2) is 26.9. The van der Waals surface area contributed by atoms with Crippen LogP contribution in [-0.4, -0.2) is 103 Å². The Kier molecular flexibility index (Phi) is 19.1. The summed E-state index contributed by atoms with van der Waals surface area (Å²) in [6, 6.07) is 43.4. The van der Waals surface area contributed by atoms with Gasteiger partial charge in [0.05, 0.1) is 41.7 Å². The lowest BCUT2D eigenvalue weighted by Crippen LogP contribution is -2.43. The number of fused-ring (bicyclic) bond motifs is 1. The monoisotopic (exact) mass is 1310 g/mol. The van der Waals surface area contributed by atoms with E-state index < -0.39 is 55.4 Å². The summed E-state index contributed by atoms with van der Waals surface area (Å²) in [5, 5.41) is 23.0. The molecule has 0 atom stereocenters. The molecule has 2 aliphatic rings. The molecule has 0 bridgehead atoms. The topological polar surface area (TPSA) is 295 Å². The molecule has 11 rings (SSSR count). The van der Waals surface area contributed by atoms with Gasteiger partial charge < -0.3 is 20.1 Å². The molecule has 94 heavy (non-hydrogen) atoms. The number of hydrogen-bond acceptors (Lipinski definition) is 14. The first kappa shape index (κ1) is 66.9. The quantitative estimate of drug-likeness (QED) is 0.0466. The molecular formula is C68H76N14O10S2. The number of nitrogens with zero attached hydrogens (tertiary/aromatic N) is 8. The van der Waals surface area contributed by atoms with Gasteiger partial charge in [0.2, 0.25) is 0 Å². The molecule has 0 radical (unpaired) electrons. The normalized spacial score (nSPS) is 15.7. The Labute approximate surface area is 546 Å². The van der Waals surface area contributed by atoms with Crippen LogP contribution in [0.3, 0.4) is 0 Å². The molecule has 4 aromatic heterocycles. The lowest BCUT2D eigenvalue weighted by Gasteiger charge is -2.25. The Hall–Kier alpha value is -10.0. The summed E-state index contributed by atoms with van der Waals surface area (Å²) < 4.78 is 71.7. The molecule has 490 valence electrons. The van der Waals surface area contributed by atoms with Crippen LogP contribution < -0.4 is 40.2 Å². The van der Waals surface area contributed by atoms with Gasteiger partial charge >= 0.3 is 32.5 Å². The number of carbonyl (C=O) groups excluding carboxylic acids is 4. The Morgan fingerprint density at radius 3 is 1.35 bits per heavy atom. The van der Waals surface area contributed by atoms with Crippen molar-refractivity contribution in [2.24, 2.45) is 0 Å². The summed E-state index contributed by atoms with van der Waals surface area (Å²) >= 11 is 0. The van der Waals surface area contributed by atoms with E-state index in [0.29, 0.717) is 64.5 Å². The van der Waals surface area contributed by atoms with E-state index in [1.165, 1.54) is 0 Å². The number of benzene rings is 5. The predicted molar refractivity (Wildman–Crippen MR) is 360 cm³/mol. The maximum atomic E-state index is 13.5. The Morgan fingerprint density at radius 2 is 0.926 bits per heavy atom. The van der Waals surface area contributed by atoms with Crippen molar-refractivity contribution in [3.8, 4) is 22.9 Å². The average Bonchev–Trinajstić information content (AvgIpc) is 1.61. The van der Waals surface area contributed by atoms with Gasteiger partial charge in [0, 0.05) is 90.1 Å². The highest BCUT2D eigenvalue weighted by Crippen LogP contribution is 2.35. The first-order valence-corrected chi connectivity index (χ1v) is 33.2. The highest BCUT2D eigenvalue weighted by Gasteiger charge is 2.51. The van der Waals surface area contributed by atoms with Crippen LogP contribution in [0.1, 0.15) is 103 Å². The van der Waals surface area contributed by atoms with E-state index in [2.05, 4.69) is 40.7 Å². The maximum Gasteiger partial charge on any atom is 0.324 e. The number of urea groups is 2. The van der Waals surface area contributed by atoms with Crippen molar-refractivity contribution in [3.63, 3.8) is 0 Å². The first-order valence-electron chi connectivity index (χ1n) is 30.4. The molecular weight excluding hydrogens is 1240 g/mol. The number of nitrogens with one attached hydrogen (secondary N) is 6. The zero-order chi connectivity index (χ0) is 67.4. The van der Waals surface area contributed by atoms with Crippen molar-refractivity contribution in [2.45, 2.75) is 117 Å². The minimum absolute atomic E-state index is 0.0107. The number of carbonyl (C=O) groups is 4. The molecule has 0 spiro atoms. The van der Waals surface area contributed by atoms with Crippen molar-refractivity contribution >= 4 is 78.1 Å². The zero-order valence-electron chi connectivity index (χ0n) is 53.9. The van der Waals surface area contributed by atoms with E-state index in [1.807, 2.05) is 114 Å². The van der Waals surface area contributed by atoms with Crippen molar-refractivity contribution in [2.75, 3.05) is 34.5 Å². The number of hydrogen-bond donors (Lipinski definition) is 6. The molecule has 6 N–H and O–H groups in total. The van der Waals surface area contributed by atoms with Gasteiger partial charge in [-0.1, -0.05) is 90.1 Å². The van der Waals surface area contributed by atoms with Crippen molar-refractivity contribution in [1.82, 2.24) is 47.6 Å². The number of amides is 6. The fraction of sp³-hybridized carbons (Fsp3) is 0.294. The van der Waals surface area contributed by atoms with E-state index in [9.17, 15) is 36.0 Å². The molecule has 0 aliphatic carbocycles. The van der Waals surface area contributed by atoms with Gasteiger partial charge in [0.1, 0.15) is 34.2 Å². The van der Waals surface area contributed by atoms with Crippen LogP contribution in [0.4, 0.5) is 32.6 Å². The number of anilines is 4. The van der Waals surface area contributed by atoms with Gasteiger partial charge in [-0.2, -0.15) is 35.6 Å². The molecule has 0 unspecified atom stereocenters. The fourth-order valence-electron chi connectivity index (χ4n) is 10.2. The smallest absolute Gasteiger partial charge is 0.324 e. The zero-order valence-corrected chi connectivity index (χ0v) is 55.5. The van der Waals surface area contributed by atoms with Gasteiger partial charge in [-0.25, -0.2) is 28.4 Å². The summed E-state index contributed by atoms with van der Waals surface area (Å²) in [7, 11) is -7.87. The third-order valence-corrected chi connectivity index (χ3v) is 19.1. The summed E-state index contributed by atoms with van der Waals surface area (Å²) in [5.41, 5.74) is 4.68. The third-order valence-electron chi connectivity index (χ3n) is 15.9. The number of aromatic nitrogens is 6. The van der Waals surface area contributed by atoms with Crippen LogP contribution in [0.5, 0.6) is 11.5 Å². The molecule has 0 saturated carbocycles. The van der Waals surface area contributed by atoms with E-state index in [0.717, 1.165) is 60.5 Å². The average molecular weight is 1310 g/mol. The van der Waals surface area contributed by atoms with Crippen LogP contribution in [0.25, 0.3) is 22.1 Å². The molecule has 6 heterocycles. The van der Waals surface area contributed by atoms with Gasteiger partial charge in [-0.05, 0) is 135 Å². The molecule has 26 heteroatoms. The standard InChI is InChI=1S/C36H39N7O5S.C32H37N7O5S/c1-35(2,3)31-22-32(43(40-31)26-12-10-25(11-13-26)23-42-36(4,5)33(44)41-49(42,46)47)39-34(45)38-29-14-15-30(28-9-7-6-8-27(28)29)48-21-18-24-16-19-37-20-17-24;1-31(2,3)27-20-28(35-30(41)34-24-8-12-26(13-9-24)44-19-16-22-14-17-33-18-15-22)39(36-27)25-10-6-23(7-11-25)21-38-32(4,5)29(40)37-45(38,42)43/h6-17,19-20,22H,18,21,23H2,1-5H3,(H,41,44)(H2,38,39,45);6-15,17-18,20H,16,19,21H2,1-5H3,(H,37,40)(H2,34,35,41). The van der Waals surface area contributed by atoms with Crippen LogP contribution in [-0.2, 0) is 66.8 Å². The van der Waals surface area contributed by atoms with Crippen LogP contribution in [0.15, 0.2) is 170 Å².